The molecule has 0 N–H and O–H groups in total. The SMILES string of the molecule is O=C(CC1CC2CCC1C2)C1CCC2CCCCC2C1. The Morgan fingerprint density at radius 2 is 1.55 bits per heavy atom. The van der Waals surface area contributed by atoms with E-state index in [1.807, 2.05) is 0 Å². The molecule has 0 saturated heterocycles. The van der Waals surface area contributed by atoms with Crippen molar-refractivity contribution in [1.29, 1.82) is 0 Å². The van der Waals surface area contributed by atoms with Crippen LogP contribution in [-0.4, -0.2) is 5.78 Å². The van der Waals surface area contributed by atoms with E-state index in [1.54, 1.807) is 0 Å². The van der Waals surface area contributed by atoms with Gasteiger partial charge in [0.15, 0.2) is 0 Å². The molecule has 0 amide bonds. The predicted octanol–water partition coefficient (Wildman–Crippen LogP) is 4.99. The molecule has 112 valence electrons. The van der Waals surface area contributed by atoms with Crippen LogP contribution in [0.25, 0.3) is 0 Å². The standard InChI is InChI=1S/C19H30O/c20-19(12-18-10-13-5-6-16(18)9-13)17-8-7-14-3-1-2-4-15(14)11-17/h13-18H,1-12H2. The zero-order valence-electron chi connectivity index (χ0n) is 12.9. The molecule has 20 heavy (non-hydrogen) atoms. The molecule has 4 fully saturated rings. The van der Waals surface area contributed by atoms with Gasteiger partial charge in [-0.25, -0.2) is 0 Å². The van der Waals surface area contributed by atoms with Gasteiger partial charge in [-0.2, -0.15) is 0 Å². The van der Waals surface area contributed by atoms with Crippen molar-refractivity contribution in [1.82, 2.24) is 0 Å². The summed E-state index contributed by atoms with van der Waals surface area (Å²) < 4.78 is 0. The van der Waals surface area contributed by atoms with Crippen LogP contribution in [0, 0.1) is 35.5 Å². The van der Waals surface area contributed by atoms with Gasteiger partial charge in [-0.3, -0.25) is 4.79 Å². The van der Waals surface area contributed by atoms with Crippen LogP contribution in [0.5, 0.6) is 0 Å². The third kappa shape index (κ3) is 2.46. The molecule has 0 radical (unpaired) electrons. The molecule has 4 rings (SSSR count). The Hall–Kier alpha value is -0.330. The van der Waals surface area contributed by atoms with E-state index in [0.29, 0.717) is 11.7 Å². The lowest BCUT2D eigenvalue weighted by Gasteiger charge is -2.39. The fourth-order valence-electron chi connectivity index (χ4n) is 6.22. The van der Waals surface area contributed by atoms with Crippen LogP contribution in [-0.2, 0) is 4.79 Å². The van der Waals surface area contributed by atoms with Crippen LogP contribution in [0.2, 0.25) is 0 Å². The van der Waals surface area contributed by atoms with E-state index in [9.17, 15) is 4.79 Å². The van der Waals surface area contributed by atoms with Gasteiger partial charge in [-0.15, -0.1) is 0 Å². The number of Topliss-reactive ketones (excluding diaryl/α,β-unsaturated/α-hetero) is 1. The normalized spacial score (nSPS) is 47.2. The predicted molar refractivity (Wildman–Crippen MR) is 81.4 cm³/mol. The van der Waals surface area contributed by atoms with Crippen LogP contribution in [0.15, 0.2) is 0 Å². The van der Waals surface area contributed by atoms with Crippen molar-refractivity contribution in [3.8, 4) is 0 Å². The summed E-state index contributed by atoms with van der Waals surface area (Å²) in [6, 6.07) is 0. The molecule has 6 atom stereocenters. The second-order valence-corrected chi connectivity index (χ2v) is 8.42. The summed E-state index contributed by atoms with van der Waals surface area (Å²) in [5, 5.41) is 0. The Morgan fingerprint density at radius 1 is 0.750 bits per heavy atom. The summed E-state index contributed by atoms with van der Waals surface area (Å²) in [7, 11) is 0. The van der Waals surface area contributed by atoms with E-state index >= 15 is 0 Å². The van der Waals surface area contributed by atoms with Crippen molar-refractivity contribution in [3.05, 3.63) is 0 Å². The highest BCUT2D eigenvalue weighted by Gasteiger charge is 2.42. The van der Waals surface area contributed by atoms with Crippen LogP contribution >= 0.6 is 0 Å². The maximum atomic E-state index is 12.7. The Labute approximate surface area is 123 Å². The second-order valence-electron chi connectivity index (χ2n) is 8.42. The largest absolute Gasteiger partial charge is 0.299 e. The second kappa shape index (κ2) is 5.46. The fraction of sp³-hybridized carbons (Fsp3) is 0.947. The number of hydrogen-bond donors (Lipinski definition) is 0. The molecular weight excluding hydrogens is 244 g/mol. The lowest BCUT2D eigenvalue weighted by molar-refractivity contribution is -0.126. The van der Waals surface area contributed by atoms with E-state index in [0.717, 1.165) is 36.0 Å². The first kappa shape index (κ1) is 13.3. The van der Waals surface area contributed by atoms with Gasteiger partial charge in [0.05, 0.1) is 0 Å². The molecule has 1 nitrogen and oxygen atoms in total. The van der Waals surface area contributed by atoms with Crippen molar-refractivity contribution < 1.29 is 4.79 Å². The Morgan fingerprint density at radius 3 is 2.30 bits per heavy atom. The average Bonchev–Trinajstić information content (AvgIpc) is 3.09. The van der Waals surface area contributed by atoms with Gasteiger partial charge in [-0.05, 0) is 68.1 Å². The Kier molecular flexibility index (Phi) is 3.64. The molecule has 4 aliphatic rings. The summed E-state index contributed by atoms with van der Waals surface area (Å²) in [4.78, 5) is 12.7. The summed E-state index contributed by atoms with van der Waals surface area (Å²) in [6.07, 6.45) is 16.3. The number of carbonyl (C=O) groups is 1. The minimum atomic E-state index is 0.452. The minimum Gasteiger partial charge on any atom is -0.299 e. The van der Waals surface area contributed by atoms with Crippen molar-refractivity contribution in [2.45, 2.75) is 77.0 Å². The molecule has 0 aromatic rings. The molecule has 6 unspecified atom stereocenters. The number of carbonyl (C=O) groups excluding carboxylic acids is 1. The highest BCUT2D eigenvalue weighted by molar-refractivity contribution is 5.81. The molecule has 1 heteroatoms. The van der Waals surface area contributed by atoms with E-state index in [2.05, 4.69) is 0 Å². The van der Waals surface area contributed by atoms with E-state index in [4.69, 9.17) is 0 Å². The highest BCUT2D eigenvalue weighted by atomic mass is 16.1. The first-order valence-electron chi connectivity index (χ1n) is 9.32. The molecule has 0 aromatic carbocycles. The van der Waals surface area contributed by atoms with Crippen LogP contribution in [0.4, 0.5) is 0 Å². The van der Waals surface area contributed by atoms with Crippen LogP contribution in [0.1, 0.15) is 77.0 Å². The fourth-order valence-corrected chi connectivity index (χ4v) is 6.22. The van der Waals surface area contributed by atoms with Crippen molar-refractivity contribution >= 4 is 5.78 Å². The van der Waals surface area contributed by atoms with Gasteiger partial charge in [0.25, 0.3) is 0 Å². The maximum Gasteiger partial charge on any atom is 0.136 e. The highest BCUT2D eigenvalue weighted by Crippen LogP contribution is 2.50. The summed E-state index contributed by atoms with van der Waals surface area (Å²) in [5.41, 5.74) is 0. The topological polar surface area (TPSA) is 17.1 Å². The van der Waals surface area contributed by atoms with Crippen LogP contribution in [0.3, 0.4) is 0 Å². The third-order valence-electron chi connectivity index (χ3n) is 7.34. The van der Waals surface area contributed by atoms with Crippen LogP contribution < -0.4 is 0 Å². The van der Waals surface area contributed by atoms with Crippen molar-refractivity contribution in [2.24, 2.45) is 35.5 Å². The molecule has 0 aliphatic heterocycles. The zero-order chi connectivity index (χ0) is 13.5. The number of hydrogen-bond acceptors (Lipinski definition) is 1. The quantitative estimate of drug-likeness (QED) is 0.708. The monoisotopic (exact) mass is 274 g/mol. The lowest BCUT2D eigenvalue weighted by Crippen LogP contribution is -2.32. The third-order valence-corrected chi connectivity index (χ3v) is 7.34. The molecular formula is C19H30O. The smallest absolute Gasteiger partial charge is 0.136 e. The van der Waals surface area contributed by atoms with Gasteiger partial charge in [-0.1, -0.05) is 32.1 Å². The maximum absolute atomic E-state index is 12.7. The summed E-state index contributed by atoms with van der Waals surface area (Å²) >= 11 is 0. The first-order valence-corrected chi connectivity index (χ1v) is 9.32. The molecule has 0 heterocycles. The van der Waals surface area contributed by atoms with Gasteiger partial charge in [0.1, 0.15) is 5.78 Å². The molecule has 4 aliphatic carbocycles. The van der Waals surface area contributed by atoms with Crippen molar-refractivity contribution in [3.63, 3.8) is 0 Å². The van der Waals surface area contributed by atoms with Crippen molar-refractivity contribution in [2.75, 3.05) is 0 Å². The van der Waals surface area contributed by atoms with Gasteiger partial charge in [0.2, 0.25) is 0 Å². The summed E-state index contributed by atoms with van der Waals surface area (Å²) in [5.74, 6) is 5.70. The number of fused-ring (bicyclic) bond motifs is 3. The molecule has 0 spiro atoms. The average molecular weight is 274 g/mol. The minimum absolute atomic E-state index is 0.452. The Bertz CT molecular complexity index is 374. The first-order chi connectivity index (χ1) is 9.79. The number of rotatable bonds is 3. The molecule has 4 saturated carbocycles. The molecule has 0 aromatic heterocycles. The van der Waals surface area contributed by atoms with E-state index in [-0.39, 0.29) is 0 Å². The summed E-state index contributed by atoms with van der Waals surface area (Å²) in [6.45, 7) is 0. The number of ketones is 1. The Balaban J connectivity index is 1.32. The van der Waals surface area contributed by atoms with Gasteiger partial charge >= 0.3 is 0 Å². The zero-order valence-corrected chi connectivity index (χ0v) is 12.9. The lowest BCUT2D eigenvalue weighted by atomic mass is 9.66. The van der Waals surface area contributed by atoms with Gasteiger partial charge < -0.3 is 0 Å². The molecule has 2 bridgehead atoms. The van der Waals surface area contributed by atoms with Gasteiger partial charge in [0, 0.05) is 12.3 Å². The van der Waals surface area contributed by atoms with E-state index < -0.39 is 0 Å². The van der Waals surface area contributed by atoms with E-state index in [1.165, 1.54) is 70.6 Å².